The van der Waals surface area contributed by atoms with Gasteiger partial charge in [-0.25, -0.2) is 0 Å². The molecule has 0 N–H and O–H groups in total. The Morgan fingerprint density at radius 1 is 1.23 bits per heavy atom. The molecular weight excluding hydrogens is 330 g/mol. The van der Waals surface area contributed by atoms with E-state index in [2.05, 4.69) is 5.16 Å². The molecule has 136 valence electrons. The molecule has 0 spiro atoms. The van der Waals surface area contributed by atoms with Crippen LogP contribution >= 0.6 is 0 Å². The molecule has 6 heteroatoms. The fraction of sp³-hybridized carbons (Fsp3) is 0.450. The van der Waals surface area contributed by atoms with E-state index in [1.807, 2.05) is 38.1 Å². The maximum atomic E-state index is 13.0. The molecule has 2 heterocycles. The van der Waals surface area contributed by atoms with E-state index in [9.17, 15) is 9.59 Å². The number of piperazine rings is 1. The first-order valence-corrected chi connectivity index (χ1v) is 9.20. The van der Waals surface area contributed by atoms with Crippen LogP contribution in [0.5, 0.6) is 0 Å². The molecule has 6 nitrogen and oxygen atoms in total. The van der Waals surface area contributed by atoms with Crippen molar-refractivity contribution in [3.05, 3.63) is 46.8 Å². The number of aryl methyl sites for hydroxylation is 2. The molecule has 26 heavy (non-hydrogen) atoms. The first-order valence-electron chi connectivity index (χ1n) is 9.20. The van der Waals surface area contributed by atoms with Gasteiger partial charge in [0, 0.05) is 24.2 Å². The van der Waals surface area contributed by atoms with E-state index >= 15 is 0 Å². The minimum atomic E-state index is -0.193. The molecular formula is C20H23N3O3. The van der Waals surface area contributed by atoms with E-state index in [4.69, 9.17) is 4.52 Å². The molecule has 1 aliphatic carbocycles. The number of amides is 2. The number of fused-ring (bicyclic) bond motifs is 1. The summed E-state index contributed by atoms with van der Waals surface area (Å²) in [5, 5.41) is 4.02. The van der Waals surface area contributed by atoms with Crippen molar-refractivity contribution in [3.63, 3.8) is 0 Å². The fourth-order valence-electron chi connectivity index (χ4n) is 4.01. The summed E-state index contributed by atoms with van der Waals surface area (Å²) in [5.41, 5.74) is 3.29. The molecule has 0 unspecified atom stereocenters. The van der Waals surface area contributed by atoms with Crippen LogP contribution in [0.3, 0.4) is 0 Å². The van der Waals surface area contributed by atoms with Gasteiger partial charge in [-0.2, -0.15) is 0 Å². The number of hydrogen-bond acceptors (Lipinski definition) is 4. The third kappa shape index (κ3) is 2.79. The molecule has 1 fully saturated rings. The first kappa shape index (κ1) is 16.8. The molecule has 1 saturated heterocycles. The molecule has 1 atom stereocenters. The van der Waals surface area contributed by atoms with Gasteiger partial charge >= 0.3 is 0 Å². The van der Waals surface area contributed by atoms with Gasteiger partial charge in [0.1, 0.15) is 12.3 Å². The van der Waals surface area contributed by atoms with Crippen molar-refractivity contribution in [2.24, 2.45) is 0 Å². The third-order valence-electron chi connectivity index (χ3n) is 5.34. The smallest absolute Gasteiger partial charge is 0.276 e. The van der Waals surface area contributed by atoms with Gasteiger partial charge in [-0.05, 0) is 44.7 Å². The van der Waals surface area contributed by atoms with E-state index in [1.54, 1.807) is 9.80 Å². The number of aromatic nitrogens is 1. The highest BCUT2D eigenvalue weighted by molar-refractivity contribution is 6.02. The van der Waals surface area contributed by atoms with Gasteiger partial charge in [-0.1, -0.05) is 23.4 Å². The van der Waals surface area contributed by atoms with Crippen molar-refractivity contribution in [1.82, 2.24) is 10.1 Å². The summed E-state index contributed by atoms with van der Waals surface area (Å²) < 4.78 is 5.37. The lowest BCUT2D eigenvalue weighted by atomic mass is 9.96. The summed E-state index contributed by atoms with van der Waals surface area (Å²) >= 11 is 0. The topological polar surface area (TPSA) is 66.7 Å². The number of hydrogen-bond donors (Lipinski definition) is 0. The summed E-state index contributed by atoms with van der Waals surface area (Å²) in [6.45, 7) is 4.52. The van der Waals surface area contributed by atoms with Crippen molar-refractivity contribution in [2.45, 2.75) is 45.6 Å². The van der Waals surface area contributed by atoms with Crippen molar-refractivity contribution >= 4 is 17.5 Å². The lowest BCUT2D eigenvalue weighted by Crippen LogP contribution is -2.57. The van der Waals surface area contributed by atoms with Gasteiger partial charge in [0.15, 0.2) is 5.69 Å². The van der Waals surface area contributed by atoms with Gasteiger partial charge in [0.05, 0.1) is 6.04 Å². The maximum absolute atomic E-state index is 13.0. The molecule has 1 aromatic heterocycles. The number of para-hydroxylation sites is 1. The Hall–Kier alpha value is -2.63. The molecule has 0 radical (unpaired) electrons. The Kier molecular flexibility index (Phi) is 4.26. The minimum absolute atomic E-state index is 0.0660. The highest BCUT2D eigenvalue weighted by Gasteiger charge is 2.36. The van der Waals surface area contributed by atoms with Crippen LogP contribution in [0.15, 0.2) is 28.8 Å². The van der Waals surface area contributed by atoms with E-state index in [1.165, 1.54) is 0 Å². The molecule has 2 aromatic rings. The summed E-state index contributed by atoms with van der Waals surface area (Å²) in [7, 11) is 0. The van der Waals surface area contributed by atoms with Crippen LogP contribution in [0.2, 0.25) is 0 Å². The summed E-state index contributed by atoms with van der Waals surface area (Å²) in [5.74, 6) is 0.572. The van der Waals surface area contributed by atoms with Gasteiger partial charge in [0.25, 0.3) is 5.91 Å². The zero-order chi connectivity index (χ0) is 18.3. The highest BCUT2D eigenvalue weighted by atomic mass is 16.5. The molecule has 1 aromatic carbocycles. The highest BCUT2D eigenvalue weighted by Crippen LogP contribution is 2.28. The van der Waals surface area contributed by atoms with E-state index in [0.29, 0.717) is 12.2 Å². The monoisotopic (exact) mass is 353 g/mol. The third-order valence-corrected chi connectivity index (χ3v) is 5.34. The average Bonchev–Trinajstić information content (AvgIpc) is 3.06. The lowest BCUT2D eigenvalue weighted by molar-refractivity contribution is -0.121. The number of carbonyl (C=O) groups is 2. The van der Waals surface area contributed by atoms with Crippen molar-refractivity contribution in [3.8, 4) is 0 Å². The maximum Gasteiger partial charge on any atom is 0.276 e. The Labute approximate surface area is 152 Å². The van der Waals surface area contributed by atoms with Gasteiger partial charge in [0.2, 0.25) is 5.91 Å². The Morgan fingerprint density at radius 2 is 2.00 bits per heavy atom. The van der Waals surface area contributed by atoms with Crippen LogP contribution in [0, 0.1) is 6.92 Å². The van der Waals surface area contributed by atoms with Crippen LogP contribution in [0.4, 0.5) is 5.69 Å². The second-order valence-corrected chi connectivity index (χ2v) is 7.22. The van der Waals surface area contributed by atoms with Crippen LogP contribution in [0.1, 0.15) is 47.1 Å². The van der Waals surface area contributed by atoms with Crippen LogP contribution < -0.4 is 4.90 Å². The van der Waals surface area contributed by atoms with E-state index < -0.39 is 0 Å². The quantitative estimate of drug-likeness (QED) is 0.833. The normalized spacial score (nSPS) is 20.2. The van der Waals surface area contributed by atoms with Crippen molar-refractivity contribution < 1.29 is 14.1 Å². The van der Waals surface area contributed by atoms with E-state index in [0.717, 1.165) is 48.3 Å². The number of nitrogens with zero attached hydrogens (tertiary/aromatic N) is 3. The Bertz CT molecular complexity index is 858. The fourth-order valence-corrected chi connectivity index (χ4v) is 4.01. The van der Waals surface area contributed by atoms with Gasteiger partial charge < -0.3 is 14.3 Å². The first-order chi connectivity index (χ1) is 12.6. The second kappa shape index (κ2) is 6.59. The molecule has 0 saturated carbocycles. The summed E-state index contributed by atoms with van der Waals surface area (Å²) in [6, 6.07) is 7.75. The lowest BCUT2D eigenvalue weighted by Gasteiger charge is -2.39. The van der Waals surface area contributed by atoms with Crippen molar-refractivity contribution in [2.75, 3.05) is 18.0 Å². The van der Waals surface area contributed by atoms with Crippen molar-refractivity contribution in [1.29, 1.82) is 0 Å². The predicted molar refractivity (Wildman–Crippen MR) is 97.2 cm³/mol. The zero-order valence-corrected chi connectivity index (χ0v) is 15.2. The van der Waals surface area contributed by atoms with Crippen LogP contribution in [-0.2, 0) is 17.6 Å². The number of carbonyl (C=O) groups excluding carboxylic acids is 2. The molecule has 2 aliphatic rings. The standard InChI is InChI=1S/C20H23N3O3/c1-13-7-3-5-9-16(13)23-14(2)11-22(12-18(23)24)20(25)19-15-8-4-6-10-17(15)26-21-19/h3,5,7,9,14H,4,6,8,10-12H2,1-2H3/t14-/m0/s1. The van der Waals surface area contributed by atoms with Gasteiger partial charge in [-0.15, -0.1) is 0 Å². The molecule has 0 bridgehead atoms. The minimum Gasteiger partial charge on any atom is -0.360 e. The van der Waals surface area contributed by atoms with Crippen LogP contribution in [-0.4, -0.2) is 41.0 Å². The average molecular weight is 353 g/mol. The van der Waals surface area contributed by atoms with Gasteiger partial charge in [-0.3, -0.25) is 9.59 Å². The number of rotatable bonds is 2. The Balaban J connectivity index is 1.56. The number of benzene rings is 1. The molecule has 4 rings (SSSR count). The molecule has 2 amide bonds. The number of anilines is 1. The zero-order valence-electron chi connectivity index (χ0n) is 15.2. The summed E-state index contributed by atoms with van der Waals surface area (Å²) in [4.78, 5) is 29.2. The summed E-state index contributed by atoms with van der Waals surface area (Å²) in [6.07, 6.45) is 3.78. The molecule has 1 aliphatic heterocycles. The SMILES string of the molecule is Cc1ccccc1N1C(=O)CN(C(=O)c2noc3c2CCCC3)C[C@@H]1C. The van der Waals surface area contributed by atoms with E-state index in [-0.39, 0.29) is 24.4 Å². The predicted octanol–water partition coefficient (Wildman–Crippen LogP) is 2.74. The largest absolute Gasteiger partial charge is 0.360 e. The second-order valence-electron chi connectivity index (χ2n) is 7.22. The van der Waals surface area contributed by atoms with Crippen LogP contribution in [0.25, 0.3) is 0 Å². The Morgan fingerprint density at radius 3 is 2.77 bits per heavy atom.